The van der Waals surface area contributed by atoms with Crippen molar-refractivity contribution in [3.05, 3.63) is 35.9 Å². The van der Waals surface area contributed by atoms with Crippen molar-refractivity contribution >= 4 is 11.8 Å². The minimum atomic E-state index is -0.772. The monoisotopic (exact) mass is 220 g/mol. The lowest BCUT2D eigenvalue weighted by molar-refractivity contribution is -0.147. The van der Waals surface area contributed by atoms with E-state index >= 15 is 0 Å². The zero-order valence-corrected chi connectivity index (χ0v) is 9.60. The molecule has 0 aliphatic carbocycles. The van der Waals surface area contributed by atoms with Crippen LogP contribution in [0.25, 0.3) is 0 Å². The highest BCUT2D eigenvalue weighted by Gasteiger charge is 2.27. The van der Waals surface area contributed by atoms with Crippen molar-refractivity contribution < 1.29 is 14.3 Å². The molecular weight excluding hydrogens is 204 g/mol. The van der Waals surface area contributed by atoms with Crippen molar-refractivity contribution in [1.29, 1.82) is 0 Å². The Morgan fingerprint density at radius 1 is 1.19 bits per heavy atom. The van der Waals surface area contributed by atoms with Gasteiger partial charge in [-0.15, -0.1) is 0 Å². The summed E-state index contributed by atoms with van der Waals surface area (Å²) in [5.74, 6) is -1.34. The van der Waals surface area contributed by atoms with Gasteiger partial charge in [-0.1, -0.05) is 37.3 Å². The summed E-state index contributed by atoms with van der Waals surface area (Å²) in [4.78, 5) is 23.4. The number of carbonyl (C=O) groups is 2. The zero-order chi connectivity index (χ0) is 12.0. The molecule has 1 aromatic rings. The van der Waals surface area contributed by atoms with Crippen molar-refractivity contribution in [2.45, 2.75) is 26.2 Å². The lowest BCUT2D eigenvalue weighted by atomic mass is 9.93. The van der Waals surface area contributed by atoms with E-state index in [1.54, 1.807) is 26.0 Å². The summed E-state index contributed by atoms with van der Waals surface area (Å²) in [6.07, 6.45) is 0.332. The molecule has 1 rings (SSSR count). The third-order valence-corrected chi connectivity index (χ3v) is 2.33. The molecule has 0 aliphatic heterocycles. The number of benzene rings is 1. The van der Waals surface area contributed by atoms with Gasteiger partial charge < -0.3 is 4.74 Å². The van der Waals surface area contributed by atoms with Crippen LogP contribution in [0.1, 0.15) is 31.7 Å². The molecule has 1 aromatic carbocycles. The molecule has 0 aromatic heterocycles. The fourth-order valence-corrected chi connectivity index (χ4v) is 1.53. The maximum atomic E-state index is 11.7. The molecule has 0 radical (unpaired) electrons. The van der Waals surface area contributed by atoms with Crippen molar-refractivity contribution in [2.24, 2.45) is 0 Å². The highest BCUT2D eigenvalue weighted by Crippen LogP contribution is 2.19. The van der Waals surface area contributed by atoms with Crippen LogP contribution in [0.5, 0.6) is 0 Å². The van der Waals surface area contributed by atoms with Gasteiger partial charge in [0.15, 0.2) is 5.78 Å². The second-order valence-corrected chi connectivity index (χ2v) is 3.42. The molecule has 0 fully saturated rings. The molecule has 0 aliphatic rings. The molecule has 0 unspecified atom stereocenters. The normalized spacial score (nSPS) is 11.9. The third kappa shape index (κ3) is 2.92. The first-order valence-corrected chi connectivity index (χ1v) is 5.45. The third-order valence-electron chi connectivity index (χ3n) is 2.33. The predicted octanol–water partition coefficient (Wildman–Crippen LogP) is 2.31. The van der Waals surface area contributed by atoms with Crippen LogP contribution in [0, 0.1) is 0 Å². The lowest BCUT2D eigenvalue weighted by Crippen LogP contribution is -2.23. The minimum Gasteiger partial charge on any atom is -0.465 e. The van der Waals surface area contributed by atoms with Crippen LogP contribution in [-0.4, -0.2) is 18.4 Å². The van der Waals surface area contributed by atoms with Crippen LogP contribution in [-0.2, 0) is 14.3 Å². The fraction of sp³-hybridized carbons (Fsp3) is 0.385. The predicted molar refractivity (Wildman–Crippen MR) is 61.1 cm³/mol. The van der Waals surface area contributed by atoms with E-state index in [4.69, 9.17) is 4.74 Å². The molecule has 0 spiro atoms. The van der Waals surface area contributed by atoms with Gasteiger partial charge in [0, 0.05) is 6.42 Å². The van der Waals surface area contributed by atoms with E-state index in [1.807, 2.05) is 18.2 Å². The van der Waals surface area contributed by atoms with E-state index in [9.17, 15) is 9.59 Å². The van der Waals surface area contributed by atoms with Gasteiger partial charge in [0.2, 0.25) is 0 Å². The van der Waals surface area contributed by atoms with Crippen molar-refractivity contribution in [1.82, 2.24) is 0 Å². The van der Waals surface area contributed by atoms with Gasteiger partial charge in [0.25, 0.3) is 0 Å². The fourth-order valence-electron chi connectivity index (χ4n) is 1.53. The first-order valence-electron chi connectivity index (χ1n) is 5.45. The Morgan fingerprint density at radius 2 is 1.81 bits per heavy atom. The SMILES string of the molecule is CCOC(=O)[C@@H](C(=O)CC)c1ccccc1. The number of ether oxygens (including phenoxy) is 1. The summed E-state index contributed by atoms with van der Waals surface area (Å²) >= 11 is 0. The molecular formula is C13H16O3. The summed E-state index contributed by atoms with van der Waals surface area (Å²) in [7, 11) is 0. The highest BCUT2D eigenvalue weighted by atomic mass is 16.5. The van der Waals surface area contributed by atoms with Crippen LogP contribution in [0.4, 0.5) is 0 Å². The lowest BCUT2D eigenvalue weighted by Gasteiger charge is -2.13. The van der Waals surface area contributed by atoms with Gasteiger partial charge in [-0.25, -0.2) is 0 Å². The van der Waals surface area contributed by atoms with Crippen LogP contribution in [0.3, 0.4) is 0 Å². The number of esters is 1. The Bertz CT molecular complexity index is 357. The van der Waals surface area contributed by atoms with Crippen LogP contribution in [0.2, 0.25) is 0 Å². The van der Waals surface area contributed by atoms with Gasteiger partial charge in [-0.3, -0.25) is 9.59 Å². The Balaban J connectivity index is 2.97. The Morgan fingerprint density at radius 3 is 2.31 bits per heavy atom. The summed E-state index contributed by atoms with van der Waals surface area (Å²) < 4.78 is 4.92. The van der Waals surface area contributed by atoms with Crippen LogP contribution < -0.4 is 0 Å². The standard InChI is InChI=1S/C13H16O3/c1-3-11(14)12(13(15)16-4-2)10-8-6-5-7-9-10/h5-9,12H,3-4H2,1-2H3/t12-/m1/s1. The smallest absolute Gasteiger partial charge is 0.321 e. The highest BCUT2D eigenvalue weighted by molar-refractivity contribution is 6.04. The second kappa shape index (κ2) is 6.05. The number of hydrogen-bond acceptors (Lipinski definition) is 3. The van der Waals surface area contributed by atoms with Gasteiger partial charge in [-0.2, -0.15) is 0 Å². The Kier molecular flexibility index (Phi) is 4.70. The molecule has 16 heavy (non-hydrogen) atoms. The zero-order valence-electron chi connectivity index (χ0n) is 9.60. The van der Waals surface area contributed by atoms with Crippen LogP contribution in [0.15, 0.2) is 30.3 Å². The second-order valence-electron chi connectivity index (χ2n) is 3.42. The molecule has 0 saturated carbocycles. The molecule has 0 saturated heterocycles. The van der Waals surface area contributed by atoms with Gasteiger partial charge in [0.1, 0.15) is 5.92 Å². The average molecular weight is 220 g/mol. The number of Topliss-reactive ketones (excluding diaryl/α,β-unsaturated/α-hetero) is 1. The van der Waals surface area contributed by atoms with Crippen molar-refractivity contribution in [3.63, 3.8) is 0 Å². The quantitative estimate of drug-likeness (QED) is 0.565. The minimum absolute atomic E-state index is 0.107. The summed E-state index contributed by atoms with van der Waals surface area (Å²) in [6, 6.07) is 9.02. The largest absolute Gasteiger partial charge is 0.465 e. The molecule has 0 amide bonds. The first-order chi connectivity index (χ1) is 7.70. The molecule has 3 nitrogen and oxygen atoms in total. The summed E-state index contributed by atoms with van der Waals surface area (Å²) in [6.45, 7) is 3.77. The number of ketones is 1. The molecule has 0 bridgehead atoms. The van der Waals surface area contributed by atoms with E-state index in [2.05, 4.69) is 0 Å². The first kappa shape index (κ1) is 12.4. The van der Waals surface area contributed by atoms with Crippen molar-refractivity contribution in [2.75, 3.05) is 6.61 Å². The van der Waals surface area contributed by atoms with Gasteiger partial charge in [0.05, 0.1) is 6.61 Å². The van der Waals surface area contributed by atoms with Gasteiger partial charge in [-0.05, 0) is 12.5 Å². The maximum absolute atomic E-state index is 11.7. The van der Waals surface area contributed by atoms with Gasteiger partial charge >= 0.3 is 5.97 Å². The van der Waals surface area contributed by atoms with E-state index in [1.165, 1.54) is 0 Å². The molecule has 3 heteroatoms. The van der Waals surface area contributed by atoms with Crippen LogP contribution >= 0.6 is 0 Å². The van der Waals surface area contributed by atoms with E-state index in [0.29, 0.717) is 18.6 Å². The van der Waals surface area contributed by atoms with Crippen molar-refractivity contribution in [3.8, 4) is 0 Å². The summed E-state index contributed by atoms with van der Waals surface area (Å²) in [5, 5.41) is 0. The molecule has 1 atom stereocenters. The number of rotatable bonds is 5. The Labute approximate surface area is 95.4 Å². The molecule has 0 heterocycles. The number of hydrogen-bond donors (Lipinski definition) is 0. The van der Waals surface area contributed by atoms with E-state index in [-0.39, 0.29) is 5.78 Å². The maximum Gasteiger partial charge on any atom is 0.321 e. The van der Waals surface area contributed by atoms with E-state index in [0.717, 1.165) is 0 Å². The van der Waals surface area contributed by atoms with E-state index < -0.39 is 11.9 Å². The Hall–Kier alpha value is -1.64. The number of carbonyl (C=O) groups excluding carboxylic acids is 2. The molecule has 0 N–H and O–H groups in total. The summed E-state index contributed by atoms with van der Waals surface area (Å²) in [5.41, 5.74) is 0.702. The topological polar surface area (TPSA) is 43.4 Å². The average Bonchev–Trinajstić information content (AvgIpc) is 2.31. The molecule has 86 valence electrons.